The smallest absolute Gasteiger partial charge is 0.119 e. The largest absolute Gasteiger partial charge is 0.497 e. The zero-order chi connectivity index (χ0) is 23.9. The predicted molar refractivity (Wildman–Crippen MR) is 144 cm³/mol. The van der Waals surface area contributed by atoms with Gasteiger partial charge in [0.2, 0.25) is 0 Å². The Bertz CT molecular complexity index is 1090. The van der Waals surface area contributed by atoms with Gasteiger partial charge in [0, 0.05) is 20.2 Å². The van der Waals surface area contributed by atoms with Gasteiger partial charge in [0.15, 0.2) is 0 Å². The normalized spacial score (nSPS) is 13.0. The highest BCUT2D eigenvalue weighted by atomic mass is 31.1. The average molecular weight is 470 g/mol. The first-order valence-corrected chi connectivity index (χ1v) is 12.9. The molecule has 0 aliphatic heterocycles. The van der Waals surface area contributed by atoms with Crippen LogP contribution in [0.15, 0.2) is 109 Å². The summed E-state index contributed by atoms with van der Waals surface area (Å²) >= 11 is 0. The van der Waals surface area contributed by atoms with Gasteiger partial charge in [0.05, 0.1) is 14.2 Å². The van der Waals surface area contributed by atoms with Crippen molar-refractivity contribution < 1.29 is 9.47 Å². The number of nitrogens with zero attached hydrogens (tertiary/aromatic N) is 1. The molecule has 0 spiro atoms. The molecule has 0 N–H and O–H groups in total. The molecule has 0 heterocycles. The minimum absolute atomic E-state index is 0.180. The molecule has 0 aliphatic rings. The fourth-order valence-corrected chi connectivity index (χ4v) is 7.10. The first kappa shape index (κ1) is 24.0. The Labute approximate surface area is 204 Å². The third-order valence-corrected chi connectivity index (χ3v) is 8.87. The number of hydrogen-bond donors (Lipinski definition) is 0. The molecule has 4 heteroatoms. The van der Waals surface area contributed by atoms with Crippen LogP contribution in [0.4, 0.5) is 0 Å². The standard InChI is InChI=1S/C30H32NO2P/c1-23(25-13-7-5-8-14-25)31(24(2)26-15-9-6-10-16-26)34(29-19-11-17-27(21-29)32-3)30-20-12-18-28(22-30)33-4/h5-24H,1-4H3/t23-,24-/m0/s1. The third kappa shape index (κ3) is 5.33. The SMILES string of the molecule is COc1cccc(P(c2cccc(OC)c2)N([C@@H](C)c2ccccc2)[C@@H](C)c2ccccc2)c1. The average Bonchev–Trinajstić information content (AvgIpc) is 2.92. The Morgan fingerprint density at radius 1 is 0.559 bits per heavy atom. The molecule has 4 aromatic rings. The van der Waals surface area contributed by atoms with Crippen molar-refractivity contribution in [2.24, 2.45) is 0 Å². The van der Waals surface area contributed by atoms with E-state index in [-0.39, 0.29) is 12.1 Å². The lowest BCUT2D eigenvalue weighted by Gasteiger charge is -2.41. The van der Waals surface area contributed by atoms with Gasteiger partial charge in [-0.3, -0.25) is 4.67 Å². The molecule has 0 fully saturated rings. The summed E-state index contributed by atoms with van der Waals surface area (Å²) in [6.07, 6.45) is 0. The van der Waals surface area contributed by atoms with Crippen molar-refractivity contribution in [3.8, 4) is 11.5 Å². The van der Waals surface area contributed by atoms with Gasteiger partial charge < -0.3 is 9.47 Å². The van der Waals surface area contributed by atoms with Gasteiger partial charge in [0.25, 0.3) is 0 Å². The Morgan fingerprint density at radius 3 is 1.35 bits per heavy atom. The van der Waals surface area contributed by atoms with Gasteiger partial charge in [-0.1, -0.05) is 84.9 Å². The monoisotopic (exact) mass is 469 g/mol. The van der Waals surface area contributed by atoms with Gasteiger partial charge in [-0.2, -0.15) is 0 Å². The number of rotatable bonds is 9. The fourth-order valence-electron chi connectivity index (χ4n) is 4.35. The molecule has 4 aromatic carbocycles. The van der Waals surface area contributed by atoms with Crippen molar-refractivity contribution in [3.63, 3.8) is 0 Å². The minimum Gasteiger partial charge on any atom is -0.497 e. The highest BCUT2D eigenvalue weighted by molar-refractivity contribution is 7.70. The first-order valence-electron chi connectivity index (χ1n) is 11.6. The van der Waals surface area contributed by atoms with E-state index in [9.17, 15) is 0 Å². The summed E-state index contributed by atoms with van der Waals surface area (Å²) in [7, 11) is 2.54. The highest BCUT2D eigenvalue weighted by Crippen LogP contribution is 2.50. The predicted octanol–water partition coefficient (Wildman–Crippen LogP) is 6.88. The molecule has 0 unspecified atom stereocenters. The molecule has 0 saturated heterocycles. The molecule has 0 aromatic heterocycles. The van der Waals surface area contributed by atoms with Crippen LogP contribution in [0.3, 0.4) is 0 Å². The second kappa shape index (κ2) is 11.3. The van der Waals surface area contributed by atoms with Crippen molar-refractivity contribution in [1.29, 1.82) is 0 Å². The van der Waals surface area contributed by atoms with Crippen LogP contribution in [0, 0.1) is 0 Å². The van der Waals surface area contributed by atoms with E-state index in [1.807, 2.05) is 12.1 Å². The summed E-state index contributed by atoms with van der Waals surface area (Å²) in [5.41, 5.74) is 2.59. The molecule has 2 atom stereocenters. The van der Waals surface area contributed by atoms with Crippen LogP contribution < -0.4 is 20.1 Å². The molecule has 0 radical (unpaired) electrons. The topological polar surface area (TPSA) is 21.7 Å². The Hall–Kier alpha value is -3.13. The fraction of sp³-hybridized carbons (Fsp3) is 0.200. The van der Waals surface area contributed by atoms with Crippen LogP contribution >= 0.6 is 8.07 Å². The van der Waals surface area contributed by atoms with Gasteiger partial charge in [-0.15, -0.1) is 0 Å². The molecule has 0 aliphatic carbocycles. The zero-order valence-corrected chi connectivity index (χ0v) is 21.2. The van der Waals surface area contributed by atoms with E-state index in [0.717, 1.165) is 11.5 Å². The number of ether oxygens (including phenoxy) is 2. The van der Waals surface area contributed by atoms with E-state index in [2.05, 4.69) is 116 Å². The second-order valence-corrected chi connectivity index (χ2v) is 10.4. The van der Waals surface area contributed by atoms with Gasteiger partial charge in [-0.25, -0.2) is 0 Å². The summed E-state index contributed by atoms with van der Waals surface area (Å²) in [5, 5.41) is 2.49. The maximum absolute atomic E-state index is 5.62. The van der Waals surface area contributed by atoms with Crippen LogP contribution in [0.25, 0.3) is 0 Å². The van der Waals surface area contributed by atoms with Crippen molar-refractivity contribution in [3.05, 3.63) is 120 Å². The van der Waals surface area contributed by atoms with E-state index >= 15 is 0 Å². The van der Waals surface area contributed by atoms with Crippen molar-refractivity contribution in [2.45, 2.75) is 25.9 Å². The van der Waals surface area contributed by atoms with Crippen LogP contribution in [-0.2, 0) is 0 Å². The highest BCUT2D eigenvalue weighted by Gasteiger charge is 2.32. The van der Waals surface area contributed by atoms with E-state index in [1.165, 1.54) is 21.7 Å². The molecule has 0 amide bonds. The molecule has 34 heavy (non-hydrogen) atoms. The maximum Gasteiger partial charge on any atom is 0.119 e. The second-order valence-electron chi connectivity index (χ2n) is 8.27. The Balaban J connectivity index is 1.92. The maximum atomic E-state index is 5.62. The number of methoxy groups -OCH3 is 2. The Kier molecular flexibility index (Phi) is 8.00. The third-order valence-electron chi connectivity index (χ3n) is 6.18. The molecular weight excluding hydrogens is 437 g/mol. The van der Waals surface area contributed by atoms with Crippen molar-refractivity contribution in [1.82, 2.24) is 4.67 Å². The van der Waals surface area contributed by atoms with Crippen molar-refractivity contribution >= 4 is 18.7 Å². The molecule has 0 bridgehead atoms. The summed E-state index contributed by atoms with van der Waals surface area (Å²) in [6, 6.07) is 38.9. The Morgan fingerprint density at radius 2 is 0.971 bits per heavy atom. The van der Waals surface area contributed by atoms with Crippen LogP contribution in [-0.4, -0.2) is 18.9 Å². The van der Waals surface area contributed by atoms with Crippen LogP contribution in [0.2, 0.25) is 0 Å². The van der Waals surface area contributed by atoms with E-state index in [4.69, 9.17) is 9.47 Å². The molecule has 4 rings (SSSR count). The number of benzene rings is 4. The quantitative estimate of drug-likeness (QED) is 0.250. The lowest BCUT2D eigenvalue weighted by molar-refractivity contribution is 0.303. The molecule has 0 saturated carbocycles. The molecular formula is C30H32NO2P. The number of hydrogen-bond acceptors (Lipinski definition) is 3. The van der Waals surface area contributed by atoms with Gasteiger partial charge >= 0.3 is 0 Å². The van der Waals surface area contributed by atoms with Crippen molar-refractivity contribution in [2.75, 3.05) is 14.2 Å². The minimum atomic E-state index is -0.911. The van der Waals surface area contributed by atoms with E-state index < -0.39 is 8.07 Å². The van der Waals surface area contributed by atoms with Gasteiger partial charge in [-0.05, 0) is 59.8 Å². The summed E-state index contributed by atoms with van der Waals surface area (Å²) in [6.45, 7) is 4.62. The van der Waals surface area contributed by atoms with Crippen LogP contribution in [0.1, 0.15) is 37.1 Å². The molecule has 3 nitrogen and oxygen atoms in total. The lowest BCUT2D eigenvalue weighted by Crippen LogP contribution is -2.33. The summed E-state index contributed by atoms with van der Waals surface area (Å²) in [4.78, 5) is 0. The first-order chi connectivity index (χ1) is 16.6. The van der Waals surface area contributed by atoms with Gasteiger partial charge in [0.1, 0.15) is 11.5 Å². The van der Waals surface area contributed by atoms with Crippen LogP contribution in [0.5, 0.6) is 11.5 Å². The summed E-state index contributed by atoms with van der Waals surface area (Å²) < 4.78 is 13.9. The lowest BCUT2D eigenvalue weighted by atomic mass is 10.0. The summed E-state index contributed by atoms with van der Waals surface area (Å²) in [5.74, 6) is 1.74. The molecule has 174 valence electrons. The zero-order valence-electron chi connectivity index (χ0n) is 20.3. The van der Waals surface area contributed by atoms with E-state index in [1.54, 1.807) is 14.2 Å². The van der Waals surface area contributed by atoms with E-state index in [0.29, 0.717) is 0 Å².